The number of fused-ring (bicyclic) bond motifs is 1. The van der Waals surface area contributed by atoms with E-state index in [1.165, 1.54) is 6.33 Å². The third-order valence-electron chi connectivity index (χ3n) is 1.22. The van der Waals surface area contributed by atoms with Crippen LogP contribution in [-0.2, 0) is 0 Å². The van der Waals surface area contributed by atoms with E-state index in [1.54, 1.807) is 0 Å². The van der Waals surface area contributed by atoms with Gasteiger partial charge in [-0.25, -0.2) is 9.78 Å². The highest BCUT2D eigenvalue weighted by molar-refractivity contribution is 7.71. The maximum absolute atomic E-state index is 10.6. The molecule has 2 amide bonds. The van der Waals surface area contributed by atoms with Crippen molar-refractivity contribution in [1.82, 2.24) is 9.97 Å². The molecular weight excluding hydrogens is 164 g/mol. The van der Waals surface area contributed by atoms with Crippen LogP contribution in [-0.4, -0.2) is 16.0 Å². The molecule has 2 rings (SSSR count). The molecular formula is C5H2N4OS. The first kappa shape index (κ1) is 6.29. The Morgan fingerprint density at radius 1 is 1.45 bits per heavy atom. The number of nitrogens with one attached hydrogen (secondary N) is 1. The van der Waals surface area contributed by atoms with E-state index >= 15 is 0 Å². The summed E-state index contributed by atoms with van der Waals surface area (Å²) in [5, 5.41) is 0.368. The van der Waals surface area contributed by atoms with Crippen LogP contribution in [0.4, 0.5) is 4.79 Å². The highest BCUT2D eigenvalue weighted by Crippen LogP contribution is 1.81. The molecule has 1 aliphatic heterocycles. The van der Waals surface area contributed by atoms with Crippen molar-refractivity contribution in [3.05, 3.63) is 21.8 Å². The lowest BCUT2D eigenvalue weighted by molar-refractivity contribution is 0.256. The molecule has 0 aromatic carbocycles. The quantitative estimate of drug-likeness (QED) is 0.529. The van der Waals surface area contributed by atoms with E-state index < -0.39 is 6.03 Å². The number of urea groups is 1. The number of aromatic amines is 1. The van der Waals surface area contributed by atoms with Gasteiger partial charge in [-0.15, -0.1) is 0 Å². The van der Waals surface area contributed by atoms with Gasteiger partial charge in [-0.05, 0) is 0 Å². The Labute approximate surface area is 65.5 Å². The molecule has 0 bridgehead atoms. The van der Waals surface area contributed by atoms with Gasteiger partial charge < -0.3 is 4.98 Å². The lowest BCUT2D eigenvalue weighted by Gasteiger charge is -1.79. The summed E-state index contributed by atoms with van der Waals surface area (Å²) in [7, 11) is 0. The van der Waals surface area contributed by atoms with Crippen molar-refractivity contribution in [2.75, 3.05) is 0 Å². The molecule has 1 aliphatic rings. The van der Waals surface area contributed by atoms with Gasteiger partial charge in [0.05, 0.1) is 6.33 Å². The van der Waals surface area contributed by atoms with Gasteiger partial charge in [-0.2, -0.15) is 9.98 Å². The molecule has 54 valence electrons. The first-order valence-corrected chi connectivity index (χ1v) is 3.23. The monoisotopic (exact) mass is 166 g/mol. The molecule has 1 aromatic heterocycles. The molecule has 0 fully saturated rings. The topological polar surface area (TPSA) is 70.5 Å². The fraction of sp³-hybridized carbons (Fsp3) is 0. The Hall–Kier alpha value is -1.43. The van der Waals surface area contributed by atoms with Crippen LogP contribution < -0.4 is 10.8 Å². The molecule has 0 radical (unpaired) electrons. The zero-order valence-corrected chi connectivity index (χ0v) is 6.05. The minimum Gasteiger partial charge on any atom is -0.329 e. The SMILES string of the molecule is O=C1N=c2[nH]cnc(=S)c2=N1. The third kappa shape index (κ3) is 0.874. The zero-order valence-electron chi connectivity index (χ0n) is 5.24. The summed E-state index contributed by atoms with van der Waals surface area (Å²) in [5.41, 5.74) is 0.398. The van der Waals surface area contributed by atoms with E-state index in [1.807, 2.05) is 0 Å². The fourth-order valence-electron chi connectivity index (χ4n) is 0.785. The van der Waals surface area contributed by atoms with E-state index in [4.69, 9.17) is 12.2 Å². The van der Waals surface area contributed by atoms with Crippen LogP contribution in [0.3, 0.4) is 0 Å². The fourth-order valence-corrected chi connectivity index (χ4v) is 0.980. The third-order valence-corrected chi connectivity index (χ3v) is 1.52. The molecule has 0 spiro atoms. The Morgan fingerprint density at radius 2 is 2.27 bits per heavy atom. The first-order chi connectivity index (χ1) is 5.27. The van der Waals surface area contributed by atoms with Crippen LogP contribution in [0.2, 0.25) is 0 Å². The van der Waals surface area contributed by atoms with Gasteiger partial charge in [-0.3, -0.25) is 0 Å². The van der Waals surface area contributed by atoms with Crippen molar-refractivity contribution in [2.45, 2.75) is 0 Å². The number of rotatable bonds is 0. The van der Waals surface area contributed by atoms with Gasteiger partial charge in [0.15, 0.2) is 10.1 Å². The standard InChI is InChI=1S/C5H2N4OS/c10-5-8-2-3(9-5)6-1-7-4(2)11/h1H,(H,6,7,9,10,11). The summed E-state index contributed by atoms with van der Waals surface area (Å²) >= 11 is 4.79. The molecule has 0 saturated carbocycles. The van der Waals surface area contributed by atoms with E-state index in [9.17, 15) is 4.79 Å². The second-order valence-corrected chi connectivity index (χ2v) is 2.30. The summed E-state index contributed by atoms with van der Waals surface area (Å²) in [4.78, 5) is 24.1. The summed E-state index contributed by atoms with van der Waals surface area (Å²) < 4.78 is 0.299. The van der Waals surface area contributed by atoms with Crippen LogP contribution in [0.15, 0.2) is 16.3 Å². The smallest absolute Gasteiger partial charge is 0.329 e. The van der Waals surface area contributed by atoms with Crippen LogP contribution >= 0.6 is 12.2 Å². The molecule has 5 nitrogen and oxygen atoms in total. The molecule has 11 heavy (non-hydrogen) atoms. The minimum atomic E-state index is -0.532. The molecule has 6 heteroatoms. The Balaban J connectivity index is 3.10. The summed E-state index contributed by atoms with van der Waals surface area (Å²) in [6.45, 7) is 0. The lowest BCUT2D eigenvalue weighted by Crippen LogP contribution is -2.27. The molecule has 2 heterocycles. The van der Waals surface area contributed by atoms with Crippen LogP contribution in [0.5, 0.6) is 0 Å². The van der Waals surface area contributed by atoms with E-state index in [0.29, 0.717) is 15.5 Å². The summed E-state index contributed by atoms with van der Waals surface area (Å²) in [6.07, 6.45) is 1.39. The zero-order chi connectivity index (χ0) is 7.84. The average molecular weight is 166 g/mol. The normalized spacial score (nSPS) is 13.6. The van der Waals surface area contributed by atoms with E-state index in [0.717, 1.165) is 0 Å². The molecule has 1 N–H and O–H groups in total. The van der Waals surface area contributed by atoms with Gasteiger partial charge in [0.25, 0.3) is 0 Å². The number of hydrogen-bond donors (Lipinski definition) is 1. The lowest BCUT2D eigenvalue weighted by atomic mass is 10.6. The summed E-state index contributed by atoms with van der Waals surface area (Å²) in [5.74, 6) is 0. The molecule has 0 atom stereocenters. The van der Waals surface area contributed by atoms with Gasteiger partial charge in [-0.1, -0.05) is 12.2 Å². The predicted molar refractivity (Wildman–Crippen MR) is 37.1 cm³/mol. The number of H-pyrrole nitrogens is 1. The molecule has 0 aliphatic carbocycles. The number of amides is 2. The van der Waals surface area contributed by atoms with Crippen molar-refractivity contribution in [3.8, 4) is 0 Å². The van der Waals surface area contributed by atoms with Gasteiger partial charge >= 0.3 is 6.03 Å². The Bertz CT molecular complexity index is 488. The second-order valence-electron chi connectivity index (χ2n) is 1.91. The maximum atomic E-state index is 10.6. The highest BCUT2D eigenvalue weighted by Gasteiger charge is 2.05. The van der Waals surface area contributed by atoms with Gasteiger partial charge in [0, 0.05) is 0 Å². The van der Waals surface area contributed by atoms with Crippen molar-refractivity contribution in [3.63, 3.8) is 0 Å². The minimum absolute atomic E-state index is 0.299. The number of nitrogens with zero attached hydrogens (tertiary/aromatic N) is 3. The van der Waals surface area contributed by atoms with Crippen LogP contribution in [0.1, 0.15) is 0 Å². The predicted octanol–water partition coefficient (Wildman–Crippen LogP) is -0.488. The van der Waals surface area contributed by atoms with Crippen LogP contribution in [0, 0.1) is 4.64 Å². The van der Waals surface area contributed by atoms with Crippen LogP contribution in [0.25, 0.3) is 0 Å². The van der Waals surface area contributed by atoms with Gasteiger partial charge in [0.2, 0.25) is 0 Å². The molecule has 0 unspecified atom stereocenters. The Morgan fingerprint density at radius 3 is 3.00 bits per heavy atom. The van der Waals surface area contributed by atoms with Crippen molar-refractivity contribution >= 4 is 18.2 Å². The van der Waals surface area contributed by atoms with Crippen molar-refractivity contribution in [2.24, 2.45) is 9.98 Å². The Kier molecular flexibility index (Phi) is 1.16. The van der Waals surface area contributed by atoms with E-state index in [2.05, 4.69) is 20.0 Å². The molecule has 1 aromatic rings. The number of carbonyl (C=O) groups excluding carboxylic acids is 1. The largest absolute Gasteiger partial charge is 0.369 e. The summed E-state index contributed by atoms with van der Waals surface area (Å²) in [6, 6.07) is -0.532. The second kappa shape index (κ2) is 2.03. The first-order valence-electron chi connectivity index (χ1n) is 2.82. The van der Waals surface area contributed by atoms with Crippen molar-refractivity contribution < 1.29 is 4.79 Å². The number of carbonyl (C=O) groups is 1. The highest BCUT2D eigenvalue weighted by atomic mass is 32.1. The van der Waals surface area contributed by atoms with E-state index in [-0.39, 0.29) is 0 Å². The number of aromatic nitrogens is 2. The number of hydrogen-bond acceptors (Lipinski definition) is 3. The molecule has 0 saturated heterocycles. The van der Waals surface area contributed by atoms with Gasteiger partial charge in [0.1, 0.15) is 5.36 Å². The van der Waals surface area contributed by atoms with Crippen molar-refractivity contribution in [1.29, 1.82) is 0 Å². The maximum Gasteiger partial charge on any atom is 0.369 e. The average Bonchev–Trinajstić information content (AvgIpc) is 2.31.